The first-order valence-electron chi connectivity index (χ1n) is 11.6. The Hall–Kier alpha value is -4.36. The Bertz CT molecular complexity index is 1310. The van der Waals surface area contributed by atoms with E-state index in [0.29, 0.717) is 0 Å². The molecule has 0 fully saturated rings. The van der Waals surface area contributed by atoms with Gasteiger partial charge in [-0.3, -0.25) is 0 Å². The highest BCUT2D eigenvalue weighted by molar-refractivity contribution is 5.92. The largest absolute Gasteiger partial charge is 0.311 e. The molecule has 34 heavy (non-hydrogen) atoms. The van der Waals surface area contributed by atoms with E-state index in [4.69, 9.17) is 0 Å². The molecule has 0 atom stereocenters. The Labute approximate surface area is 202 Å². The van der Waals surface area contributed by atoms with E-state index < -0.39 is 0 Å². The van der Waals surface area contributed by atoms with Gasteiger partial charge in [-0.15, -0.1) is 0 Å². The first-order valence-corrected chi connectivity index (χ1v) is 11.6. The summed E-state index contributed by atoms with van der Waals surface area (Å²) in [5.74, 6) is 0. The van der Waals surface area contributed by atoms with Crippen molar-refractivity contribution in [2.45, 2.75) is 6.92 Å². The maximum atomic E-state index is 2.29. The van der Waals surface area contributed by atoms with Crippen LogP contribution in [0.1, 0.15) is 22.3 Å². The zero-order valence-electron chi connectivity index (χ0n) is 19.3. The van der Waals surface area contributed by atoms with E-state index in [-0.39, 0.29) is 0 Å². The molecule has 0 spiro atoms. The van der Waals surface area contributed by atoms with E-state index in [0.717, 1.165) is 17.1 Å². The average Bonchev–Trinajstić information content (AvgIpc) is 2.91. The Morgan fingerprint density at radius 3 is 1.44 bits per heavy atom. The second-order valence-corrected chi connectivity index (χ2v) is 8.39. The summed E-state index contributed by atoms with van der Waals surface area (Å²) in [6, 6.07) is 49.2. The predicted octanol–water partition coefficient (Wildman–Crippen LogP) is 9.05. The van der Waals surface area contributed by atoms with Crippen LogP contribution >= 0.6 is 0 Å². The van der Waals surface area contributed by atoms with E-state index in [2.05, 4.69) is 157 Å². The van der Waals surface area contributed by atoms with E-state index >= 15 is 0 Å². The van der Waals surface area contributed by atoms with Crippen molar-refractivity contribution in [1.29, 1.82) is 0 Å². The third-order valence-electron chi connectivity index (χ3n) is 5.94. The van der Waals surface area contributed by atoms with Crippen LogP contribution in [-0.4, -0.2) is 0 Å². The summed E-state index contributed by atoms with van der Waals surface area (Å²) in [5.41, 5.74) is 9.48. The fourth-order valence-electron chi connectivity index (χ4n) is 4.17. The van der Waals surface area contributed by atoms with E-state index in [1.54, 1.807) is 0 Å². The number of benzene rings is 5. The van der Waals surface area contributed by atoms with Crippen LogP contribution in [0, 0.1) is 6.92 Å². The minimum absolute atomic E-state index is 1.13. The lowest BCUT2D eigenvalue weighted by molar-refractivity contribution is 1.28. The molecule has 5 rings (SSSR count). The van der Waals surface area contributed by atoms with Crippen molar-refractivity contribution in [3.8, 4) is 0 Å². The Morgan fingerprint density at radius 1 is 0.471 bits per heavy atom. The van der Waals surface area contributed by atoms with Crippen LogP contribution in [0.25, 0.3) is 11.6 Å². The molecule has 164 valence electrons. The molecule has 1 nitrogen and oxygen atoms in total. The summed E-state index contributed by atoms with van der Waals surface area (Å²) in [5, 5.41) is 0. The van der Waals surface area contributed by atoms with Gasteiger partial charge in [0.25, 0.3) is 0 Å². The van der Waals surface area contributed by atoms with Gasteiger partial charge in [-0.2, -0.15) is 0 Å². The van der Waals surface area contributed by atoms with Crippen molar-refractivity contribution < 1.29 is 0 Å². The van der Waals surface area contributed by atoms with Crippen LogP contribution in [0.2, 0.25) is 0 Å². The summed E-state index contributed by atoms with van der Waals surface area (Å²) in [4.78, 5) is 2.29. The molecule has 0 saturated heterocycles. The molecule has 0 unspecified atom stereocenters. The van der Waals surface area contributed by atoms with Crippen LogP contribution in [0.3, 0.4) is 0 Å². The minimum atomic E-state index is 1.13. The topological polar surface area (TPSA) is 3.24 Å². The summed E-state index contributed by atoms with van der Waals surface area (Å²) < 4.78 is 0. The summed E-state index contributed by atoms with van der Waals surface area (Å²) >= 11 is 0. The van der Waals surface area contributed by atoms with Gasteiger partial charge < -0.3 is 4.90 Å². The number of nitrogens with zero attached hydrogens (tertiary/aromatic N) is 1. The highest BCUT2D eigenvalue weighted by atomic mass is 15.1. The van der Waals surface area contributed by atoms with Gasteiger partial charge in [-0.05, 0) is 71.7 Å². The maximum absolute atomic E-state index is 2.29. The summed E-state index contributed by atoms with van der Waals surface area (Å²) in [6.07, 6.45) is 2.27. The van der Waals surface area contributed by atoms with Crippen molar-refractivity contribution in [1.82, 2.24) is 0 Å². The van der Waals surface area contributed by atoms with Gasteiger partial charge >= 0.3 is 0 Å². The van der Waals surface area contributed by atoms with Crippen LogP contribution in [0.5, 0.6) is 0 Å². The number of hydrogen-bond donors (Lipinski definition) is 0. The smallest absolute Gasteiger partial charge is 0.0462 e. The first-order chi connectivity index (χ1) is 16.8. The maximum Gasteiger partial charge on any atom is 0.0462 e. The molecule has 0 aliphatic heterocycles. The molecule has 0 aromatic heterocycles. The van der Waals surface area contributed by atoms with Gasteiger partial charge in [0.1, 0.15) is 0 Å². The molecular weight excluding hydrogens is 410 g/mol. The van der Waals surface area contributed by atoms with Crippen molar-refractivity contribution in [3.63, 3.8) is 0 Å². The lowest BCUT2D eigenvalue weighted by atomic mass is 9.95. The second kappa shape index (κ2) is 10.1. The zero-order chi connectivity index (χ0) is 23.2. The predicted molar refractivity (Wildman–Crippen MR) is 146 cm³/mol. The number of rotatable bonds is 6. The molecule has 0 saturated carbocycles. The van der Waals surface area contributed by atoms with Gasteiger partial charge in [-0.25, -0.2) is 0 Å². The molecule has 0 amide bonds. The van der Waals surface area contributed by atoms with Gasteiger partial charge in [0, 0.05) is 17.1 Å². The van der Waals surface area contributed by atoms with E-state index in [1.807, 2.05) is 0 Å². The molecule has 0 radical (unpaired) electrons. The highest BCUT2D eigenvalue weighted by Crippen LogP contribution is 2.35. The quantitative estimate of drug-likeness (QED) is 0.239. The number of anilines is 3. The SMILES string of the molecule is Cc1ccc(C=C(c2ccccc2)c2ccc(N(c3ccccc3)c3ccccc3)cc2)cc1. The first kappa shape index (κ1) is 21.5. The van der Waals surface area contributed by atoms with Crippen LogP contribution in [0.15, 0.2) is 140 Å². The van der Waals surface area contributed by atoms with Crippen LogP contribution in [0.4, 0.5) is 17.1 Å². The van der Waals surface area contributed by atoms with Crippen LogP contribution < -0.4 is 4.90 Å². The number of aryl methyl sites for hydroxylation is 1. The highest BCUT2D eigenvalue weighted by Gasteiger charge is 2.13. The Kier molecular flexibility index (Phi) is 6.36. The standard InChI is InChI=1S/C33H27N/c1-26-17-19-27(20-18-26)25-33(28-11-5-2-6-12-28)29-21-23-32(24-22-29)34(30-13-7-3-8-14-30)31-15-9-4-10-16-31/h2-25H,1H3. The molecule has 0 aliphatic carbocycles. The molecule has 0 bridgehead atoms. The minimum Gasteiger partial charge on any atom is -0.311 e. The molecule has 5 aromatic carbocycles. The molecule has 0 heterocycles. The van der Waals surface area contributed by atoms with Crippen molar-refractivity contribution >= 4 is 28.7 Å². The zero-order valence-corrected chi connectivity index (χ0v) is 19.3. The van der Waals surface area contributed by atoms with Crippen molar-refractivity contribution in [2.75, 3.05) is 4.90 Å². The van der Waals surface area contributed by atoms with Gasteiger partial charge in [0.2, 0.25) is 0 Å². The second-order valence-electron chi connectivity index (χ2n) is 8.39. The fraction of sp³-hybridized carbons (Fsp3) is 0.0303. The van der Waals surface area contributed by atoms with Crippen LogP contribution in [-0.2, 0) is 0 Å². The normalized spacial score (nSPS) is 11.3. The van der Waals surface area contributed by atoms with Gasteiger partial charge in [0.05, 0.1) is 0 Å². The monoisotopic (exact) mass is 437 g/mol. The van der Waals surface area contributed by atoms with Crippen molar-refractivity contribution in [3.05, 3.63) is 162 Å². The van der Waals surface area contributed by atoms with E-state index in [9.17, 15) is 0 Å². The van der Waals surface area contributed by atoms with E-state index in [1.165, 1.54) is 27.8 Å². The lowest BCUT2D eigenvalue weighted by Gasteiger charge is -2.25. The third kappa shape index (κ3) is 4.84. The third-order valence-corrected chi connectivity index (χ3v) is 5.94. The lowest BCUT2D eigenvalue weighted by Crippen LogP contribution is -2.09. The molecule has 0 N–H and O–H groups in total. The van der Waals surface area contributed by atoms with Gasteiger partial charge in [-0.1, -0.05) is 109 Å². The molecule has 5 aromatic rings. The molecule has 0 aliphatic rings. The fourth-order valence-corrected chi connectivity index (χ4v) is 4.17. The molecular formula is C33H27N. The summed E-state index contributed by atoms with van der Waals surface area (Å²) in [7, 11) is 0. The number of hydrogen-bond acceptors (Lipinski definition) is 1. The Balaban J connectivity index is 1.57. The summed E-state index contributed by atoms with van der Waals surface area (Å²) in [6.45, 7) is 2.12. The number of para-hydroxylation sites is 2. The molecule has 1 heteroatoms. The Morgan fingerprint density at radius 2 is 0.912 bits per heavy atom. The average molecular weight is 438 g/mol. The van der Waals surface area contributed by atoms with Gasteiger partial charge in [0.15, 0.2) is 0 Å². The van der Waals surface area contributed by atoms with Crippen molar-refractivity contribution in [2.24, 2.45) is 0 Å².